The van der Waals surface area contributed by atoms with Gasteiger partial charge in [-0.1, -0.05) is 60.2 Å². The highest BCUT2D eigenvalue weighted by Crippen LogP contribution is 2.22. The fourth-order valence-electron chi connectivity index (χ4n) is 3.50. The summed E-state index contributed by atoms with van der Waals surface area (Å²) in [5.74, 6) is 1.03. The van der Waals surface area contributed by atoms with Crippen molar-refractivity contribution in [3.05, 3.63) is 71.3 Å². The van der Waals surface area contributed by atoms with Crippen LogP contribution in [0.15, 0.2) is 54.6 Å². The number of nitrogens with zero attached hydrogens (tertiary/aromatic N) is 1. The molecule has 0 aliphatic carbocycles. The second-order valence-corrected chi connectivity index (χ2v) is 7.00. The number of piperidine rings is 1. The number of aryl methyl sites for hydroxylation is 2. The first-order valence-electron chi connectivity index (χ1n) is 9.08. The summed E-state index contributed by atoms with van der Waals surface area (Å²) in [6.45, 7) is 3.93. The van der Waals surface area contributed by atoms with E-state index < -0.39 is 0 Å². The van der Waals surface area contributed by atoms with Gasteiger partial charge in [-0.25, -0.2) is 0 Å². The molecule has 2 aromatic carbocycles. The molecule has 0 spiro atoms. The topological polar surface area (TPSA) is 20.3 Å². The molecule has 0 saturated carbocycles. The second-order valence-electron chi connectivity index (χ2n) is 7.00. The van der Waals surface area contributed by atoms with Gasteiger partial charge in [0.05, 0.1) is 0 Å². The summed E-state index contributed by atoms with van der Waals surface area (Å²) in [5, 5.41) is 0. The molecular formula is C22H27NO. The minimum absolute atomic E-state index is 0.314. The van der Waals surface area contributed by atoms with E-state index in [1.54, 1.807) is 0 Å². The third-order valence-corrected chi connectivity index (χ3v) is 5.08. The van der Waals surface area contributed by atoms with E-state index >= 15 is 0 Å². The van der Waals surface area contributed by atoms with Gasteiger partial charge in [-0.2, -0.15) is 0 Å². The van der Waals surface area contributed by atoms with E-state index in [9.17, 15) is 4.79 Å². The Hall–Kier alpha value is -2.09. The average molecular weight is 321 g/mol. The van der Waals surface area contributed by atoms with Crippen LogP contribution in [0.25, 0.3) is 0 Å². The van der Waals surface area contributed by atoms with Crippen molar-refractivity contribution in [2.24, 2.45) is 5.92 Å². The quantitative estimate of drug-likeness (QED) is 0.799. The third-order valence-electron chi connectivity index (χ3n) is 5.08. The molecule has 1 fully saturated rings. The molecule has 1 heterocycles. The van der Waals surface area contributed by atoms with Gasteiger partial charge < -0.3 is 4.90 Å². The molecule has 1 aliphatic rings. The van der Waals surface area contributed by atoms with Crippen LogP contribution in [0.4, 0.5) is 0 Å². The Morgan fingerprint density at radius 1 is 0.958 bits per heavy atom. The number of benzene rings is 2. The van der Waals surface area contributed by atoms with Gasteiger partial charge in [0.15, 0.2) is 0 Å². The lowest BCUT2D eigenvalue weighted by Crippen LogP contribution is -2.39. The van der Waals surface area contributed by atoms with Crippen LogP contribution in [0.3, 0.4) is 0 Å². The highest BCUT2D eigenvalue weighted by molar-refractivity contribution is 5.76. The monoisotopic (exact) mass is 321 g/mol. The number of hydrogen-bond donors (Lipinski definition) is 0. The first-order chi connectivity index (χ1) is 11.7. The highest BCUT2D eigenvalue weighted by atomic mass is 16.2. The molecular weight excluding hydrogens is 294 g/mol. The van der Waals surface area contributed by atoms with Crippen LogP contribution in [0.5, 0.6) is 0 Å². The fourth-order valence-corrected chi connectivity index (χ4v) is 3.50. The molecule has 0 radical (unpaired) electrons. The lowest BCUT2D eigenvalue weighted by atomic mass is 9.90. The van der Waals surface area contributed by atoms with Gasteiger partial charge in [-0.3, -0.25) is 4.79 Å². The van der Waals surface area contributed by atoms with E-state index in [1.165, 1.54) is 16.7 Å². The number of amides is 1. The minimum Gasteiger partial charge on any atom is -0.343 e. The molecule has 1 saturated heterocycles. The normalized spacial score (nSPS) is 15.5. The van der Waals surface area contributed by atoms with E-state index in [-0.39, 0.29) is 0 Å². The van der Waals surface area contributed by atoms with E-state index in [0.29, 0.717) is 18.2 Å². The Morgan fingerprint density at radius 3 is 2.29 bits per heavy atom. The summed E-state index contributed by atoms with van der Waals surface area (Å²) in [5.41, 5.74) is 3.94. The molecule has 2 nitrogen and oxygen atoms in total. The van der Waals surface area contributed by atoms with Crippen LogP contribution < -0.4 is 0 Å². The largest absolute Gasteiger partial charge is 0.343 e. The van der Waals surface area contributed by atoms with Crippen molar-refractivity contribution in [2.75, 3.05) is 13.1 Å². The number of likely N-dealkylation sites (tertiary alicyclic amines) is 1. The molecule has 126 valence electrons. The maximum atomic E-state index is 12.4. The third kappa shape index (κ3) is 4.70. The van der Waals surface area contributed by atoms with Gasteiger partial charge in [0.1, 0.15) is 0 Å². The van der Waals surface area contributed by atoms with Crippen molar-refractivity contribution in [3.63, 3.8) is 0 Å². The molecule has 0 aromatic heterocycles. The Bertz CT molecular complexity index is 639. The van der Waals surface area contributed by atoms with Gasteiger partial charge in [0, 0.05) is 19.5 Å². The number of carbonyl (C=O) groups excluding carboxylic acids is 1. The van der Waals surface area contributed by atoms with Gasteiger partial charge >= 0.3 is 0 Å². The van der Waals surface area contributed by atoms with Crippen molar-refractivity contribution < 1.29 is 4.79 Å². The molecule has 1 aliphatic heterocycles. The zero-order valence-electron chi connectivity index (χ0n) is 14.6. The summed E-state index contributed by atoms with van der Waals surface area (Å²) in [7, 11) is 0. The predicted molar refractivity (Wildman–Crippen MR) is 99.0 cm³/mol. The van der Waals surface area contributed by atoms with Crippen LogP contribution in [-0.2, 0) is 17.6 Å². The minimum atomic E-state index is 0.314. The second kappa shape index (κ2) is 8.14. The number of rotatable bonds is 5. The first kappa shape index (κ1) is 16.8. The van der Waals surface area contributed by atoms with Crippen LogP contribution in [0.2, 0.25) is 0 Å². The molecule has 3 rings (SSSR count). The van der Waals surface area contributed by atoms with Crippen molar-refractivity contribution in [2.45, 2.75) is 39.0 Å². The van der Waals surface area contributed by atoms with E-state index in [4.69, 9.17) is 0 Å². The van der Waals surface area contributed by atoms with Gasteiger partial charge in [-0.05, 0) is 49.7 Å². The fraction of sp³-hybridized carbons (Fsp3) is 0.409. The average Bonchev–Trinajstić information content (AvgIpc) is 2.62. The lowest BCUT2D eigenvalue weighted by molar-refractivity contribution is -0.132. The maximum Gasteiger partial charge on any atom is 0.222 e. The molecule has 1 amide bonds. The molecule has 0 bridgehead atoms. The summed E-state index contributed by atoms with van der Waals surface area (Å²) in [6.07, 6.45) is 4.89. The predicted octanol–water partition coefficient (Wildman–Crippen LogP) is 4.41. The van der Waals surface area contributed by atoms with E-state index in [0.717, 1.165) is 38.8 Å². The molecule has 0 N–H and O–H groups in total. The van der Waals surface area contributed by atoms with Gasteiger partial charge in [0.2, 0.25) is 5.91 Å². The van der Waals surface area contributed by atoms with Crippen molar-refractivity contribution in [1.29, 1.82) is 0 Å². The Kier molecular flexibility index (Phi) is 5.68. The molecule has 2 aromatic rings. The molecule has 2 heteroatoms. The summed E-state index contributed by atoms with van der Waals surface area (Å²) >= 11 is 0. The smallest absolute Gasteiger partial charge is 0.222 e. The SMILES string of the molecule is Cc1ccc(CCC(=O)N2CCC(Cc3ccccc3)CC2)cc1. The van der Waals surface area contributed by atoms with Gasteiger partial charge in [0.25, 0.3) is 0 Å². The van der Waals surface area contributed by atoms with Crippen LogP contribution in [0.1, 0.15) is 36.0 Å². The summed E-state index contributed by atoms with van der Waals surface area (Å²) in [6, 6.07) is 19.2. The van der Waals surface area contributed by atoms with Crippen molar-refractivity contribution in [3.8, 4) is 0 Å². The van der Waals surface area contributed by atoms with Crippen LogP contribution in [0, 0.1) is 12.8 Å². The zero-order chi connectivity index (χ0) is 16.8. The molecule has 0 unspecified atom stereocenters. The Balaban J connectivity index is 1.42. The standard InChI is InChI=1S/C22H27NO/c1-18-7-9-19(10-8-18)11-12-22(24)23-15-13-21(14-16-23)17-20-5-3-2-4-6-20/h2-10,21H,11-17H2,1H3. The van der Waals surface area contributed by atoms with Crippen LogP contribution in [-0.4, -0.2) is 23.9 Å². The van der Waals surface area contributed by atoms with Crippen molar-refractivity contribution >= 4 is 5.91 Å². The van der Waals surface area contributed by atoms with Crippen molar-refractivity contribution in [1.82, 2.24) is 4.90 Å². The van der Waals surface area contributed by atoms with E-state index in [2.05, 4.69) is 66.4 Å². The number of hydrogen-bond acceptors (Lipinski definition) is 1. The number of carbonyl (C=O) groups is 1. The molecule has 24 heavy (non-hydrogen) atoms. The first-order valence-corrected chi connectivity index (χ1v) is 9.08. The van der Waals surface area contributed by atoms with Gasteiger partial charge in [-0.15, -0.1) is 0 Å². The zero-order valence-corrected chi connectivity index (χ0v) is 14.6. The summed E-state index contributed by atoms with van der Waals surface area (Å²) < 4.78 is 0. The maximum absolute atomic E-state index is 12.4. The summed E-state index contributed by atoms with van der Waals surface area (Å²) in [4.78, 5) is 14.5. The van der Waals surface area contributed by atoms with E-state index in [1.807, 2.05) is 0 Å². The lowest BCUT2D eigenvalue weighted by Gasteiger charge is -2.32. The Morgan fingerprint density at radius 2 is 1.62 bits per heavy atom. The van der Waals surface area contributed by atoms with Crippen LogP contribution >= 0.6 is 0 Å². The Labute approximate surface area is 145 Å². The highest BCUT2D eigenvalue weighted by Gasteiger charge is 2.22. The molecule has 0 atom stereocenters.